The molecule has 0 aromatic carbocycles. The van der Waals surface area contributed by atoms with Crippen LogP contribution in [0.25, 0.3) is 0 Å². The number of amides is 1. The molecule has 1 amide bonds. The number of rotatable bonds is 2. The number of nitrogens with one attached hydrogen (secondary N) is 1. The van der Waals surface area contributed by atoms with Gasteiger partial charge in [-0.25, -0.2) is 0 Å². The summed E-state index contributed by atoms with van der Waals surface area (Å²) >= 11 is 0. The average Bonchev–Trinajstić information content (AvgIpc) is 2.69. The molecule has 1 unspecified atom stereocenters. The first kappa shape index (κ1) is 11.9. The third-order valence-corrected chi connectivity index (χ3v) is 3.00. The summed E-state index contributed by atoms with van der Waals surface area (Å²) in [5.41, 5.74) is -0.121. The fraction of sp³-hybridized carbons (Fsp3) is 0.500. The molecule has 1 atom stereocenters. The minimum Gasteiger partial charge on any atom is -0.379 e. The molecule has 2 heterocycles. The van der Waals surface area contributed by atoms with Crippen molar-refractivity contribution in [3.8, 4) is 0 Å². The topological polar surface area (TPSA) is 60.3 Å². The van der Waals surface area contributed by atoms with E-state index in [-0.39, 0.29) is 17.0 Å². The van der Waals surface area contributed by atoms with Gasteiger partial charge in [-0.1, -0.05) is 0 Å². The first-order valence-corrected chi connectivity index (χ1v) is 5.57. The lowest BCUT2D eigenvalue weighted by atomic mass is 10.0. The van der Waals surface area contributed by atoms with Crippen molar-refractivity contribution in [2.45, 2.75) is 18.9 Å². The summed E-state index contributed by atoms with van der Waals surface area (Å²) in [6.45, 7) is 3.12. The van der Waals surface area contributed by atoms with Crippen molar-refractivity contribution in [3.05, 3.63) is 34.2 Å². The van der Waals surface area contributed by atoms with Crippen molar-refractivity contribution in [2.24, 2.45) is 7.05 Å². The van der Waals surface area contributed by atoms with Crippen LogP contribution < -0.4 is 10.9 Å². The van der Waals surface area contributed by atoms with Gasteiger partial charge in [0.25, 0.3) is 11.5 Å². The quantitative estimate of drug-likeness (QED) is 0.803. The van der Waals surface area contributed by atoms with Gasteiger partial charge in [0.15, 0.2) is 0 Å². The van der Waals surface area contributed by atoms with E-state index in [0.29, 0.717) is 18.8 Å². The van der Waals surface area contributed by atoms with Crippen LogP contribution in [0.2, 0.25) is 0 Å². The van der Waals surface area contributed by atoms with E-state index in [2.05, 4.69) is 5.32 Å². The first-order valence-electron chi connectivity index (χ1n) is 5.57. The monoisotopic (exact) mass is 236 g/mol. The number of carbonyl (C=O) groups excluding carboxylic acids is 1. The maximum atomic E-state index is 12.0. The van der Waals surface area contributed by atoms with E-state index in [1.165, 1.54) is 10.6 Å². The number of aryl methyl sites for hydroxylation is 1. The van der Waals surface area contributed by atoms with Gasteiger partial charge in [-0.15, -0.1) is 0 Å². The van der Waals surface area contributed by atoms with Gasteiger partial charge in [-0.05, 0) is 19.4 Å². The van der Waals surface area contributed by atoms with Gasteiger partial charge in [0.1, 0.15) is 0 Å². The van der Waals surface area contributed by atoms with Crippen LogP contribution in [0.4, 0.5) is 0 Å². The smallest absolute Gasteiger partial charge is 0.252 e. The molecule has 5 heteroatoms. The second kappa shape index (κ2) is 4.33. The summed E-state index contributed by atoms with van der Waals surface area (Å²) in [7, 11) is 1.65. The molecule has 1 aliphatic heterocycles. The van der Waals surface area contributed by atoms with Crippen molar-refractivity contribution in [3.63, 3.8) is 0 Å². The van der Waals surface area contributed by atoms with Crippen molar-refractivity contribution < 1.29 is 9.53 Å². The number of ether oxygens (including phenoxy) is 1. The normalized spacial score (nSPS) is 23.6. The minimum atomic E-state index is -0.321. The maximum Gasteiger partial charge on any atom is 0.252 e. The Balaban J connectivity index is 2.14. The highest BCUT2D eigenvalue weighted by Gasteiger charge is 2.31. The van der Waals surface area contributed by atoms with Gasteiger partial charge in [0.05, 0.1) is 12.1 Å². The van der Waals surface area contributed by atoms with Gasteiger partial charge >= 0.3 is 0 Å². The highest BCUT2D eigenvalue weighted by Crippen LogP contribution is 2.17. The molecule has 1 aromatic heterocycles. The lowest BCUT2D eigenvalue weighted by Gasteiger charge is -2.23. The summed E-state index contributed by atoms with van der Waals surface area (Å²) in [6.07, 6.45) is 2.38. The largest absolute Gasteiger partial charge is 0.379 e. The van der Waals surface area contributed by atoms with Gasteiger partial charge < -0.3 is 14.6 Å². The van der Waals surface area contributed by atoms with Crippen molar-refractivity contribution in [2.75, 3.05) is 13.2 Å². The molecule has 1 N–H and O–H groups in total. The molecule has 1 saturated heterocycles. The number of pyridine rings is 1. The van der Waals surface area contributed by atoms with Crippen molar-refractivity contribution in [1.82, 2.24) is 9.88 Å². The van der Waals surface area contributed by atoms with Crippen LogP contribution in [0.5, 0.6) is 0 Å². The van der Waals surface area contributed by atoms with Gasteiger partial charge in [0, 0.05) is 31.5 Å². The predicted octanol–water partition coefficient (Wildman–Crippen LogP) is 0.294. The average molecular weight is 236 g/mol. The first-order chi connectivity index (χ1) is 8.00. The summed E-state index contributed by atoms with van der Waals surface area (Å²) in [5, 5.41) is 2.91. The summed E-state index contributed by atoms with van der Waals surface area (Å²) in [5.74, 6) is -0.226. The van der Waals surface area contributed by atoms with E-state index >= 15 is 0 Å². The second-order valence-corrected chi connectivity index (χ2v) is 4.68. The molecule has 2 rings (SSSR count). The molecule has 0 bridgehead atoms. The highest BCUT2D eigenvalue weighted by molar-refractivity contribution is 5.94. The zero-order valence-electron chi connectivity index (χ0n) is 10.0. The fourth-order valence-corrected chi connectivity index (χ4v) is 1.80. The van der Waals surface area contributed by atoms with Gasteiger partial charge in [-0.3, -0.25) is 9.59 Å². The molecule has 1 fully saturated rings. The third kappa shape index (κ3) is 2.55. The zero-order valence-corrected chi connectivity index (χ0v) is 10.0. The van der Waals surface area contributed by atoms with E-state index in [9.17, 15) is 9.59 Å². The van der Waals surface area contributed by atoms with E-state index in [1.54, 1.807) is 19.3 Å². The second-order valence-electron chi connectivity index (χ2n) is 4.68. The molecular weight excluding hydrogens is 220 g/mol. The Hall–Kier alpha value is -1.62. The Morgan fingerprint density at radius 2 is 2.35 bits per heavy atom. The lowest BCUT2D eigenvalue weighted by molar-refractivity contribution is 0.0889. The van der Waals surface area contributed by atoms with Crippen LogP contribution in [0.3, 0.4) is 0 Å². The molecule has 5 nitrogen and oxygen atoms in total. The molecule has 0 saturated carbocycles. The van der Waals surface area contributed by atoms with Crippen LogP contribution in [-0.4, -0.2) is 29.2 Å². The Labute approximate surface area is 99.4 Å². The Kier molecular flexibility index (Phi) is 3.02. The number of hydrogen-bond acceptors (Lipinski definition) is 3. The van der Waals surface area contributed by atoms with E-state index in [0.717, 1.165) is 6.42 Å². The maximum absolute atomic E-state index is 12.0. The molecule has 92 valence electrons. The number of carbonyl (C=O) groups is 1. The Morgan fingerprint density at radius 3 is 2.94 bits per heavy atom. The number of hydrogen-bond donors (Lipinski definition) is 1. The van der Waals surface area contributed by atoms with Gasteiger partial charge in [-0.2, -0.15) is 0 Å². The highest BCUT2D eigenvalue weighted by atomic mass is 16.5. The number of nitrogens with zero attached hydrogens (tertiary/aromatic N) is 1. The summed E-state index contributed by atoms with van der Waals surface area (Å²) in [6, 6.07) is 2.98. The molecule has 0 spiro atoms. The summed E-state index contributed by atoms with van der Waals surface area (Å²) in [4.78, 5) is 23.4. The lowest BCUT2D eigenvalue weighted by Crippen LogP contribution is -2.46. The Bertz CT molecular complexity index is 487. The molecule has 1 aromatic rings. The molecule has 1 aliphatic rings. The van der Waals surface area contributed by atoms with Crippen LogP contribution in [0.1, 0.15) is 23.7 Å². The van der Waals surface area contributed by atoms with Gasteiger partial charge in [0.2, 0.25) is 0 Å². The fourth-order valence-electron chi connectivity index (χ4n) is 1.80. The van der Waals surface area contributed by atoms with E-state index in [4.69, 9.17) is 4.74 Å². The molecule has 17 heavy (non-hydrogen) atoms. The molecular formula is C12H16N2O3. The minimum absolute atomic E-state index is 0.189. The van der Waals surface area contributed by atoms with E-state index in [1.807, 2.05) is 6.92 Å². The zero-order chi connectivity index (χ0) is 12.5. The molecule has 0 radical (unpaired) electrons. The van der Waals surface area contributed by atoms with Crippen LogP contribution in [-0.2, 0) is 11.8 Å². The SMILES string of the molecule is Cn1ccc(C(=O)NC2(C)CCOC2)cc1=O. The van der Waals surface area contributed by atoms with Crippen LogP contribution in [0, 0.1) is 0 Å². The van der Waals surface area contributed by atoms with Crippen LogP contribution >= 0.6 is 0 Å². The van der Waals surface area contributed by atoms with E-state index < -0.39 is 0 Å². The molecule has 0 aliphatic carbocycles. The third-order valence-electron chi connectivity index (χ3n) is 3.00. The summed E-state index contributed by atoms with van der Waals surface area (Å²) < 4.78 is 6.69. The predicted molar refractivity (Wildman–Crippen MR) is 63.0 cm³/mol. The number of aromatic nitrogens is 1. The van der Waals surface area contributed by atoms with Crippen molar-refractivity contribution in [1.29, 1.82) is 0 Å². The van der Waals surface area contributed by atoms with Crippen LogP contribution in [0.15, 0.2) is 23.1 Å². The Morgan fingerprint density at radius 1 is 1.59 bits per heavy atom. The van der Waals surface area contributed by atoms with Crippen molar-refractivity contribution >= 4 is 5.91 Å². The standard InChI is InChI=1S/C12H16N2O3/c1-12(4-6-17-8-12)13-11(16)9-3-5-14(2)10(15)7-9/h3,5,7H,4,6,8H2,1-2H3,(H,13,16).